The molecule has 0 radical (unpaired) electrons. The van der Waals surface area contributed by atoms with Crippen molar-refractivity contribution in [3.05, 3.63) is 60.2 Å². The molecule has 4 rings (SSSR count). The maximum atomic E-state index is 13.9. The first-order valence-corrected chi connectivity index (χ1v) is 8.22. The van der Waals surface area contributed by atoms with Crippen LogP contribution in [-0.4, -0.2) is 40.6 Å². The molecule has 1 aliphatic heterocycles. The number of rotatable bonds is 3. The number of imidazole rings is 1. The number of likely N-dealkylation sites (tertiary alicyclic amines) is 1. The van der Waals surface area contributed by atoms with E-state index in [-0.39, 0.29) is 17.7 Å². The Morgan fingerprint density at radius 1 is 1.28 bits per heavy atom. The Bertz CT molecular complexity index is 937. The minimum Gasteiger partial charge on any atom is -0.494 e. The number of amides is 1. The van der Waals surface area contributed by atoms with Gasteiger partial charge < -0.3 is 14.2 Å². The van der Waals surface area contributed by atoms with Gasteiger partial charge >= 0.3 is 0 Å². The number of hydrogen-bond acceptors (Lipinski definition) is 3. The van der Waals surface area contributed by atoms with Gasteiger partial charge in [-0.05, 0) is 36.8 Å². The first-order chi connectivity index (χ1) is 12.2. The topological polar surface area (TPSA) is 47.4 Å². The van der Waals surface area contributed by atoms with Crippen LogP contribution >= 0.6 is 0 Å². The average molecular weight is 339 g/mol. The fourth-order valence-corrected chi connectivity index (χ4v) is 3.40. The van der Waals surface area contributed by atoms with Crippen LogP contribution in [0, 0.1) is 5.82 Å². The normalized spacial score (nSPS) is 17.2. The number of carbonyl (C=O) groups is 1. The summed E-state index contributed by atoms with van der Waals surface area (Å²) in [5.74, 6) is -0.543. The van der Waals surface area contributed by atoms with Crippen LogP contribution < -0.4 is 4.74 Å². The number of para-hydroxylation sites is 2. The molecule has 5 nitrogen and oxygen atoms in total. The number of fused-ring (bicyclic) bond motifs is 1. The molecule has 1 amide bonds. The van der Waals surface area contributed by atoms with E-state index in [1.165, 1.54) is 19.2 Å². The van der Waals surface area contributed by atoms with E-state index in [2.05, 4.69) is 9.55 Å². The predicted molar refractivity (Wildman–Crippen MR) is 92.2 cm³/mol. The largest absolute Gasteiger partial charge is 0.494 e. The van der Waals surface area contributed by atoms with E-state index in [0.29, 0.717) is 18.7 Å². The number of benzene rings is 2. The van der Waals surface area contributed by atoms with Gasteiger partial charge in [-0.25, -0.2) is 9.37 Å². The zero-order chi connectivity index (χ0) is 17.4. The van der Waals surface area contributed by atoms with Crippen molar-refractivity contribution in [1.29, 1.82) is 0 Å². The second-order valence-corrected chi connectivity index (χ2v) is 6.18. The number of hydrogen-bond donors (Lipinski definition) is 0. The summed E-state index contributed by atoms with van der Waals surface area (Å²) in [6.07, 6.45) is 2.68. The molecule has 0 unspecified atom stereocenters. The van der Waals surface area contributed by atoms with Crippen LogP contribution in [0.1, 0.15) is 22.8 Å². The summed E-state index contributed by atoms with van der Waals surface area (Å²) >= 11 is 0. The highest BCUT2D eigenvalue weighted by Crippen LogP contribution is 2.27. The molecular weight excluding hydrogens is 321 g/mol. The molecule has 128 valence electrons. The molecule has 2 heterocycles. The molecule has 1 saturated heterocycles. The molecule has 1 aromatic heterocycles. The lowest BCUT2D eigenvalue weighted by atomic mass is 10.2. The Hall–Kier alpha value is -2.89. The van der Waals surface area contributed by atoms with Crippen molar-refractivity contribution in [3.63, 3.8) is 0 Å². The zero-order valence-corrected chi connectivity index (χ0v) is 13.9. The van der Waals surface area contributed by atoms with Crippen molar-refractivity contribution in [1.82, 2.24) is 14.5 Å². The molecule has 25 heavy (non-hydrogen) atoms. The van der Waals surface area contributed by atoms with Gasteiger partial charge in [0.1, 0.15) is 0 Å². The molecule has 0 bridgehead atoms. The standard InChI is InChI=1S/C19H18FN3O2/c1-25-18-7-6-13(10-15(18)20)19(24)22-9-8-14(11-22)23-12-21-16-4-2-3-5-17(16)23/h2-7,10,12,14H,8-9,11H2,1H3/t14-/m0/s1. The Balaban J connectivity index is 1.54. The van der Waals surface area contributed by atoms with Crippen LogP contribution in [0.25, 0.3) is 11.0 Å². The summed E-state index contributed by atoms with van der Waals surface area (Å²) in [5.41, 5.74) is 2.36. The lowest BCUT2D eigenvalue weighted by molar-refractivity contribution is 0.0787. The van der Waals surface area contributed by atoms with Crippen molar-refractivity contribution in [2.45, 2.75) is 12.5 Å². The van der Waals surface area contributed by atoms with Crippen LogP contribution in [0.4, 0.5) is 4.39 Å². The van der Waals surface area contributed by atoms with E-state index in [9.17, 15) is 9.18 Å². The number of carbonyl (C=O) groups excluding carboxylic acids is 1. The van der Waals surface area contributed by atoms with Crippen LogP contribution in [0.2, 0.25) is 0 Å². The molecule has 0 spiro atoms. The maximum Gasteiger partial charge on any atom is 0.254 e. The third kappa shape index (κ3) is 2.73. The highest BCUT2D eigenvalue weighted by atomic mass is 19.1. The van der Waals surface area contributed by atoms with Crippen molar-refractivity contribution in [2.24, 2.45) is 0 Å². The Morgan fingerprint density at radius 2 is 2.12 bits per heavy atom. The summed E-state index contributed by atoms with van der Waals surface area (Å²) in [4.78, 5) is 18.9. The van der Waals surface area contributed by atoms with Gasteiger partial charge in [0.15, 0.2) is 11.6 Å². The van der Waals surface area contributed by atoms with Gasteiger partial charge in [-0.15, -0.1) is 0 Å². The van der Waals surface area contributed by atoms with Crippen LogP contribution in [0.3, 0.4) is 0 Å². The maximum absolute atomic E-state index is 13.9. The monoisotopic (exact) mass is 339 g/mol. The number of ether oxygens (including phenoxy) is 1. The van der Waals surface area contributed by atoms with Crippen LogP contribution in [0.15, 0.2) is 48.8 Å². The minimum absolute atomic E-state index is 0.140. The van der Waals surface area contributed by atoms with Crippen LogP contribution in [-0.2, 0) is 0 Å². The smallest absolute Gasteiger partial charge is 0.254 e. The highest BCUT2D eigenvalue weighted by molar-refractivity contribution is 5.94. The molecule has 0 saturated carbocycles. The van der Waals surface area contributed by atoms with Gasteiger partial charge in [-0.1, -0.05) is 12.1 Å². The summed E-state index contributed by atoms with van der Waals surface area (Å²) in [6.45, 7) is 1.23. The van der Waals surface area contributed by atoms with Crippen LogP contribution in [0.5, 0.6) is 5.75 Å². The molecule has 1 fully saturated rings. The van der Waals surface area contributed by atoms with E-state index in [1.807, 2.05) is 30.6 Å². The Morgan fingerprint density at radius 3 is 2.92 bits per heavy atom. The quantitative estimate of drug-likeness (QED) is 0.736. The first-order valence-electron chi connectivity index (χ1n) is 8.22. The van der Waals surface area contributed by atoms with Gasteiger partial charge in [0.2, 0.25) is 0 Å². The lowest BCUT2D eigenvalue weighted by Gasteiger charge is -2.18. The van der Waals surface area contributed by atoms with Crippen molar-refractivity contribution in [3.8, 4) is 5.75 Å². The third-order valence-electron chi connectivity index (χ3n) is 4.72. The number of methoxy groups -OCH3 is 1. The number of aromatic nitrogens is 2. The summed E-state index contributed by atoms with van der Waals surface area (Å²) in [7, 11) is 1.40. The molecule has 1 atom stereocenters. The van der Waals surface area contributed by atoms with Crippen molar-refractivity contribution in [2.75, 3.05) is 20.2 Å². The van der Waals surface area contributed by atoms with E-state index in [1.54, 1.807) is 11.0 Å². The molecule has 3 aromatic rings. The zero-order valence-electron chi connectivity index (χ0n) is 13.9. The molecule has 1 aliphatic rings. The van der Waals surface area contributed by atoms with E-state index in [0.717, 1.165) is 17.5 Å². The molecular formula is C19H18FN3O2. The number of nitrogens with zero attached hydrogens (tertiary/aromatic N) is 3. The minimum atomic E-state index is -0.523. The van der Waals surface area contributed by atoms with Crippen molar-refractivity contribution >= 4 is 16.9 Å². The Kier molecular flexibility index (Phi) is 3.87. The summed E-state index contributed by atoms with van der Waals surface area (Å²) in [5, 5.41) is 0. The fourth-order valence-electron chi connectivity index (χ4n) is 3.40. The first kappa shape index (κ1) is 15.6. The molecule has 0 N–H and O–H groups in total. The molecule has 6 heteroatoms. The second-order valence-electron chi connectivity index (χ2n) is 6.18. The van der Waals surface area contributed by atoms with Crippen molar-refractivity contribution < 1.29 is 13.9 Å². The van der Waals surface area contributed by atoms with Gasteiger partial charge in [0, 0.05) is 18.7 Å². The highest BCUT2D eigenvalue weighted by Gasteiger charge is 2.29. The van der Waals surface area contributed by atoms with Gasteiger partial charge in [0.25, 0.3) is 5.91 Å². The van der Waals surface area contributed by atoms with Gasteiger partial charge in [-0.3, -0.25) is 4.79 Å². The fraction of sp³-hybridized carbons (Fsp3) is 0.263. The predicted octanol–water partition coefficient (Wildman–Crippen LogP) is 3.27. The molecule has 2 aromatic carbocycles. The third-order valence-corrected chi connectivity index (χ3v) is 4.72. The Labute approximate surface area is 144 Å². The average Bonchev–Trinajstić information content (AvgIpc) is 3.27. The second kappa shape index (κ2) is 6.20. The van der Waals surface area contributed by atoms with Gasteiger partial charge in [-0.2, -0.15) is 0 Å². The molecule has 0 aliphatic carbocycles. The lowest BCUT2D eigenvalue weighted by Crippen LogP contribution is -2.29. The number of halogens is 1. The SMILES string of the molecule is COc1ccc(C(=O)N2CC[C@H](n3cnc4ccccc43)C2)cc1F. The summed E-state index contributed by atoms with van der Waals surface area (Å²) < 4.78 is 20.9. The van der Waals surface area contributed by atoms with E-state index in [4.69, 9.17) is 4.74 Å². The van der Waals surface area contributed by atoms with E-state index < -0.39 is 5.82 Å². The van der Waals surface area contributed by atoms with E-state index >= 15 is 0 Å². The van der Waals surface area contributed by atoms with Gasteiger partial charge in [0.05, 0.1) is 30.5 Å². The summed E-state index contributed by atoms with van der Waals surface area (Å²) in [6, 6.07) is 12.5.